The van der Waals surface area contributed by atoms with Gasteiger partial charge in [0, 0.05) is 55.8 Å². The number of hydrogen-bond acceptors (Lipinski definition) is 10. The van der Waals surface area contributed by atoms with Crippen molar-refractivity contribution in [1.82, 2.24) is 19.4 Å². The number of nitrogens with zero attached hydrogens (tertiary/aromatic N) is 4. The minimum Gasteiger partial charge on any atom is -0.502 e. The number of aromatic hydroxyl groups is 1. The summed E-state index contributed by atoms with van der Waals surface area (Å²) in [6.07, 6.45) is 3.93. The summed E-state index contributed by atoms with van der Waals surface area (Å²) < 4.78 is 18.8. The van der Waals surface area contributed by atoms with Crippen LogP contribution in [0.25, 0.3) is 0 Å². The minimum atomic E-state index is -0.829. The van der Waals surface area contributed by atoms with Gasteiger partial charge in [-0.15, -0.1) is 0 Å². The maximum atomic E-state index is 13.0. The number of hydrogen-bond donors (Lipinski definition) is 1. The Morgan fingerprint density at radius 3 is 2.69 bits per heavy atom. The summed E-state index contributed by atoms with van der Waals surface area (Å²) >= 11 is 0. The summed E-state index contributed by atoms with van der Waals surface area (Å²) in [5.74, 6) is -0.683. The second-order valence-electron chi connectivity index (χ2n) is 10.7. The highest BCUT2D eigenvalue weighted by Gasteiger charge is 2.35. The Bertz CT molecular complexity index is 1720. The third-order valence-electron chi connectivity index (χ3n) is 7.86. The first-order valence-corrected chi connectivity index (χ1v) is 13.8. The van der Waals surface area contributed by atoms with Crippen molar-refractivity contribution in [3.63, 3.8) is 0 Å². The summed E-state index contributed by atoms with van der Waals surface area (Å²) in [6.45, 7) is 2.43. The Labute approximate surface area is 241 Å². The van der Waals surface area contributed by atoms with Crippen LogP contribution in [0.4, 0.5) is 0 Å². The third-order valence-corrected chi connectivity index (χ3v) is 7.86. The standard InChI is InChI=1S/C31H30N4O7/c1-40-28(38)14-24(20-5-2-6-22(12-20)42-31-32-9-4-10-33-31)30-29(39)26(36)13-23(41-30)18-34-15-19-11-21(17-34)25-7-3-8-27(37)35(25)16-19/h2-10,12-13,19,21,24,39H,11,14-18H2,1H3/t19-,21+,24-/m1/s1. The van der Waals surface area contributed by atoms with Crippen LogP contribution in [0.3, 0.4) is 0 Å². The molecule has 1 aromatic carbocycles. The van der Waals surface area contributed by atoms with E-state index in [9.17, 15) is 19.5 Å². The molecule has 5 heterocycles. The lowest BCUT2D eigenvalue weighted by Gasteiger charge is -2.42. The fourth-order valence-corrected chi connectivity index (χ4v) is 6.06. The molecule has 4 aromatic rings. The smallest absolute Gasteiger partial charge is 0.321 e. The maximum absolute atomic E-state index is 13.0. The number of carbonyl (C=O) groups is 1. The van der Waals surface area contributed by atoms with Gasteiger partial charge in [-0.1, -0.05) is 18.2 Å². The van der Waals surface area contributed by atoms with Crippen molar-refractivity contribution in [3.05, 3.63) is 110 Å². The van der Waals surface area contributed by atoms with Gasteiger partial charge in [-0.05, 0) is 42.2 Å². The Balaban J connectivity index is 1.30. The van der Waals surface area contributed by atoms with Gasteiger partial charge in [-0.25, -0.2) is 9.97 Å². The van der Waals surface area contributed by atoms with E-state index < -0.39 is 23.1 Å². The van der Waals surface area contributed by atoms with E-state index in [0.29, 0.717) is 42.6 Å². The quantitative estimate of drug-likeness (QED) is 0.314. The fourth-order valence-electron chi connectivity index (χ4n) is 6.06. The first kappa shape index (κ1) is 27.4. The number of piperidine rings is 1. The normalized spacial score (nSPS) is 18.6. The van der Waals surface area contributed by atoms with Crippen LogP contribution in [-0.4, -0.2) is 50.7 Å². The van der Waals surface area contributed by atoms with Crippen LogP contribution in [0, 0.1) is 5.92 Å². The maximum Gasteiger partial charge on any atom is 0.321 e. The van der Waals surface area contributed by atoms with E-state index in [0.717, 1.165) is 18.7 Å². The monoisotopic (exact) mass is 570 g/mol. The van der Waals surface area contributed by atoms with Crippen molar-refractivity contribution >= 4 is 5.97 Å². The molecule has 0 amide bonds. The summed E-state index contributed by atoms with van der Waals surface area (Å²) in [7, 11) is 1.28. The largest absolute Gasteiger partial charge is 0.502 e. The predicted octanol–water partition coefficient (Wildman–Crippen LogP) is 3.40. The molecule has 0 unspecified atom stereocenters. The molecular formula is C31H30N4O7. The summed E-state index contributed by atoms with van der Waals surface area (Å²) in [6, 6.07) is 15.4. The van der Waals surface area contributed by atoms with Crippen LogP contribution in [0.2, 0.25) is 0 Å². The van der Waals surface area contributed by atoms with Crippen LogP contribution in [0.1, 0.15) is 47.5 Å². The molecule has 42 heavy (non-hydrogen) atoms. The zero-order valence-corrected chi connectivity index (χ0v) is 23.0. The summed E-state index contributed by atoms with van der Waals surface area (Å²) in [5.41, 5.74) is 1.02. The highest BCUT2D eigenvalue weighted by atomic mass is 16.5. The van der Waals surface area contributed by atoms with Crippen LogP contribution < -0.4 is 15.7 Å². The van der Waals surface area contributed by atoms with Gasteiger partial charge < -0.3 is 23.6 Å². The third kappa shape index (κ3) is 5.68. The van der Waals surface area contributed by atoms with E-state index in [1.807, 2.05) is 10.6 Å². The van der Waals surface area contributed by atoms with E-state index in [1.54, 1.807) is 54.9 Å². The Kier molecular flexibility index (Phi) is 7.58. The number of carbonyl (C=O) groups excluding carboxylic acids is 1. The van der Waals surface area contributed by atoms with Gasteiger partial charge in [0.25, 0.3) is 5.56 Å². The van der Waals surface area contributed by atoms with E-state index in [2.05, 4.69) is 14.9 Å². The zero-order chi connectivity index (χ0) is 29.2. The topological polar surface area (TPSA) is 137 Å². The summed E-state index contributed by atoms with van der Waals surface area (Å²) in [4.78, 5) is 48.2. The molecule has 3 atom stereocenters. The van der Waals surface area contributed by atoms with Gasteiger partial charge in [0.2, 0.25) is 11.2 Å². The Hall–Kier alpha value is -4.77. The highest BCUT2D eigenvalue weighted by Crippen LogP contribution is 2.37. The minimum absolute atomic E-state index is 0.0206. The van der Waals surface area contributed by atoms with Crippen LogP contribution in [-0.2, 0) is 22.6 Å². The highest BCUT2D eigenvalue weighted by molar-refractivity contribution is 5.71. The van der Waals surface area contributed by atoms with Crippen LogP contribution >= 0.6 is 0 Å². The van der Waals surface area contributed by atoms with Crippen molar-refractivity contribution in [2.75, 3.05) is 20.2 Å². The molecule has 2 aliphatic heterocycles. The Morgan fingerprint density at radius 1 is 1.07 bits per heavy atom. The average Bonchev–Trinajstić information content (AvgIpc) is 2.99. The van der Waals surface area contributed by atoms with Gasteiger partial charge >= 0.3 is 12.0 Å². The lowest BCUT2D eigenvalue weighted by molar-refractivity contribution is -0.140. The van der Waals surface area contributed by atoms with E-state index >= 15 is 0 Å². The molecule has 0 saturated carbocycles. The predicted molar refractivity (Wildman–Crippen MR) is 150 cm³/mol. The lowest BCUT2D eigenvalue weighted by Crippen LogP contribution is -2.46. The lowest BCUT2D eigenvalue weighted by atomic mass is 9.83. The number of fused-ring (bicyclic) bond motifs is 4. The number of esters is 1. The molecule has 11 heteroatoms. The zero-order valence-electron chi connectivity index (χ0n) is 23.0. The van der Waals surface area contributed by atoms with Gasteiger partial charge in [0.05, 0.1) is 26.0 Å². The van der Waals surface area contributed by atoms with Crippen molar-refractivity contribution in [1.29, 1.82) is 0 Å². The van der Waals surface area contributed by atoms with E-state index in [1.165, 1.54) is 13.2 Å². The van der Waals surface area contributed by atoms with Crippen LogP contribution in [0.15, 0.2) is 81.0 Å². The number of pyridine rings is 1. The molecule has 0 spiro atoms. The van der Waals surface area contributed by atoms with Crippen molar-refractivity contribution in [2.24, 2.45) is 5.92 Å². The number of ether oxygens (including phenoxy) is 2. The van der Waals surface area contributed by atoms with E-state index in [4.69, 9.17) is 13.9 Å². The van der Waals surface area contributed by atoms with Crippen molar-refractivity contribution < 1.29 is 23.8 Å². The number of likely N-dealkylation sites (tertiary alicyclic amines) is 1. The van der Waals surface area contributed by atoms with Crippen LogP contribution in [0.5, 0.6) is 17.5 Å². The first-order chi connectivity index (χ1) is 20.4. The number of methoxy groups -OCH3 is 1. The Morgan fingerprint density at radius 2 is 1.88 bits per heavy atom. The first-order valence-electron chi connectivity index (χ1n) is 13.8. The molecule has 0 aliphatic carbocycles. The second kappa shape index (κ2) is 11.6. The molecule has 0 radical (unpaired) electrons. The molecule has 1 N–H and O–H groups in total. The summed E-state index contributed by atoms with van der Waals surface area (Å²) in [5, 5.41) is 10.9. The van der Waals surface area contributed by atoms with Gasteiger partial charge in [0.15, 0.2) is 5.76 Å². The molecule has 2 bridgehead atoms. The molecule has 2 aliphatic rings. The molecule has 216 valence electrons. The SMILES string of the molecule is COC(=O)C[C@H](c1cccc(Oc2ncccn2)c1)c1oc(CN2C[C@H]3C[C@@H](C2)c2cccc(=O)n2C3)cc(=O)c1O. The number of rotatable bonds is 8. The van der Waals surface area contributed by atoms with Gasteiger partial charge in [-0.2, -0.15) is 0 Å². The van der Waals surface area contributed by atoms with Crippen molar-refractivity contribution in [3.8, 4) is 17.5 Å². The molecule has 6 rings (SSSR count). The molecule has 1 fully saturated rings. The van der Waals surface area contributed by atoms with Gasteiger partial charge in [-0.3, -0.25) is 19.3 Å². The average molecular weight is 571 g/mol. The number of benzene rings is 1. The molecular weight excluding hydrogens is 540 g/mol. The molecule has 1 saturated heterocycles. The number of aromatic nitrogens is 3. The molecule has 11 nitrogen and oxygen atoms in total. The molecule has 3 aromatic heterocycles. The second-order valence-corrected chi connectivity index (χ2v) is 10.7. The fraction of sp³-hybridized carbons (Fsp3) is 0.323. The van der Waals surface area contributed by atoms with E-state index in [-0.39, 0.29) is 29.7 Å². The van der Waals surface area contributed by atoms with Crippen molar-refractivity contribution in [2.45, 2.75) is 37.8 Å². The van der Waals surface area contributed by atoms with Gasteiger partial charge in [0.1, 0.15) is 11.5 Å².